The molecule has 2 rings (SSSR count). The molecule has 0 atom stereocenters. The lowest BCUT2D eigenvalue weighted by molar-refractivity contribution is 0.477. The molecule has 1 aromatic carbocycles. The van der Waals surface area contributed by atoms with Crippen LogP contribution in [0.2, 0.25) is 0 Å². The van der Waals surface area contributed by atoms with Gasteiger partial charge in [-0.15, -0.1) is 0 Å². The summed E-state index contributed by atoms with van der Waals surface area (Å²) in [6, 6.07) is 11.2. The van der Waals surface area contributed by atoms with Crippen molar-refractivity contribution in [1.29, 1.82) is 0 Å². The topological polar surface area (TPSA) is 33.1 Å². The van der Waals surface area contributed by atoms with Gasteiger partial charge in [0.25, 0.3) is 0 Å². The predicted molar refractivity (Wildman–Crippen MR) is 65.4 cm³/mol. The third-order valence-corrected chi connectivity index (χ3v) is 2.63. The summed E-state index contributed by atoms with van der Waals surface area (Å²) in [7, 11) is 0. The first-order valence-corrected chi connectivity index (χ1v) is 5.43. The molecule has 0 radical (unpaired) electrons. The van der Waals surface area contributed by atoms with Gasteiger partial charge in [-0.1, -0.05) is 32.0 Å². The van der Waals surface area contributed by atoms with E-state index in [9.17, 15) is 5.11 Å². The molecule has 0 aliphatic heterocycles. The zero-order valence-electron chi connectivity index (χ0n) is 9.51. The van der Waals surface area contributed by atoms with Crippen molar-refractivity contribution in [2.75, 3.05) is 0 Å². The van der Waals surface area contributed by atoms with E-state index in [1.54, 1.807) is 12.1 Å². The maximum absolute atomic E-state index is 9.70. The summed E-state index contributed by atoms with van der Waals surface area (Å²) < 4.78 is 0. The number of nitrogens with zero attached hydrogens (tertiary/aromatic N) is 1. The Morgan fingerprint density at radius 1 is 1.06 bits per heavy atom. The van der Waals surface area contributed by atoms with Gasteiger partial charge in [-0.3, -0.25) is 4.98 Å². The Morgan fingerprint density at radius 3 is 2.38 bits per heavy atom. The van der Waals surface area contributed by atoms with Gasteiger partial charge in [0, 0.05) is 11.8 Å². The van der Waals surface area contributed by atoms with E-state index in [1.165, 1.54) is 5.56 Å². The van der Waals surface area contributed by atoms with Gasteiger partial charge in [-0.25, -0.2) is 0 Å². The highest BCUT2D eigenvalue weighted by Crippen LogP contribution is 2.27. The van der Waals surface area contributed by atoms with Crippen LogP contribution in [0.1, 0.15) is 25.3 Å². The third-order valence-electron chi connectivity index (χ3n) is 2.63. The van der Waals surface area contributed by atoms with Gasteiger partial charge in [-0.2, -0.15) is 0 Å². The molecule has 2 aromatic rings. The second-order valence-electron chi connectivity index (χ2n) is 4.15. The second-order valence-corrected chi connectivity index (χ2v) is 4.15. The second kappa shape index (κ2) is 4.35. The number of rotatable bonds is 2. The normalized spacial score (nSPS) is 10.7. The van der Waals surface area contributed by atoms with Crippen LogP contribution in [0.3, 0.4) is 0 Å². The largest absolute Gasteiger partial charge is 0.507 e. The predicted octanol–water partition coefficient (Wildman–Crippen LogP) is 3.58. The SMILES string of the molecule is CC(C)c1ccc(-c2ccccc2O)nc1. The number of phenols is 1. The summed E-state index contributed by atoms with van der Waals surface area (Å²) in [5.74, 6) is 0.748. The van der Waals surface area contributed by atoms with Crippen molar-refractivity contribution in [2.45, 2.75) is 19.8 Å². The number of hydrogen-bond donors (Lipinski definition) is 1. The third kappa shape index (κ3) is 2.06. The molecule has 0 aliphatic carbocycles. The van der Waals surface area contributed by atoms with Gasteiger partial charge in [0.2, 0.25) is 0 Å². The lowest BCUT2D eigenvalue weighted by Gasteiger charge is -2.07. The molecule has 16 heavy (non-hydrogen) atoms. The number of benzene rings is 1. The first-order valence-electron chi connectivity index (χ1n) is 5.43. The van der Waals surface area contributed by atoms with Gasteiger partial charge < -0.3 is 5.11 Å². The van der Waals surface area contributed by atoms with E-state index in [0.29, 0.717) is 5.92 Å². The van der Waals surface area contributed by atoms with Crippen LogP contribution < -0.4 is 0 Å². The first-order chi connectivity index (χ1) is 7.68. The van der Waals surface area contributed by atoms with Gasteiger partial charge in [0.05, 0.1) is 5.69 Å². The first kappa shape index (κ1) is 10.7. The zero-order chi connectivity index (χ0) is 11.5. The summed E-state index contributed by atoms with van der Waals surface area (Å²) in [4.78, 5) is 4.37. The number of para-hydroxylation sites is 1. The van der Waals surface area contributed by atoms with Crippen LogP contribution in [0.4, 0.5) is 0 Å². The lowest BCUT2D eigenvalue weighted by atomic mass is 10.0. The molecule has 0 aliphatic rings. The van der Waals surface area contributed by atoms with E-state index in [1.807, 2.05) is 24.4 Å². The molecular weight excluding hydrogens is 198 g/mol. The van der Waals surface area contributed by atoms with Crippen molar-refractivity contribution in [2.24, 2.45) is 0 Å². The molecule has 0 saturated carbocycles. The fourth-order valence-corrected chi connectivity index (χ4v) is 1.60. The van der Waals surface area contributed by atoms with Crippen LogP contribution in [0.25, 0.3) is 11.3 Å². The maximum atomic E-state index is 9.70. The number of pyridine rings is 1. The summed E-state index contributed by atoms with van der Waals surface area (Å²) in [6.07, 6.45) is 1.87. The molecule has 2 nitrogen and oxygen atoms in total. The fraction of sp³-hybridized carbons (Fsp3) is 0.214. The highest BCUT2D eigenvalue weighted by molar-refractivity contribution is 5.66. The van der Waals surface area contributed by atoms with Crippen LogP contribution in [-0.4, -0.2) is 10.1 Å². The zero-order valence-corrected chi connectivity index (χ0v) is 9.51. The van der Waals surface area contributed by atoms with Gasteiger partial charge in [-0.05, 0) is 29.7 Å². The van der Waals surface area contributed by atoms with Gasteiger partial charge in [0.1, 0.15) is 5.75 Å². The Labute approximate surface area is 95.6 Å². The lowest BCUT2D eigenvalue weighted by Crippen LogP contribution is -1.90. The number of hydrogen-bond acceptors (Lipinski definition) is 2. The van der Waals surface area contributed by atoms with Crippen LogP contribution in [0.5, 0.6) is 5.75 Å². The Bertz CT molecular complexity index is 474. The van der Waals surface area contributed by atoms with Gasteiger partial charge in [0.15, 0.2) is 0 Å². The molecule has 0 saturated heterocycles. The van der Waals surface area contributed by atoms with Crippen LogP contribution >= 0.6 is 0 Å². The van der Waals surface area contributed by atoms with E-state index in [4.69, 9.17) is 0 Å². The monoisotopic (exact) mass is 213 g/mol. The smallest absolute Gasteiger partial charge is 0.124 e. The molecule has 0 unspecified atom stereocenters. The van der Waals surface area contributed by atoms with E-state index < -0.39 is 0 Å². The quantitative estimate of drug-likeness (QED) is 0.827. The van der Waals surface area contributed by atoms with Crippen molar-refractivity contribution in [3.63, 3.8) is 0 Å². The standard InChI is InChI=1S/C14H15NO/c1-10(2)11-7-8-13(15-9-11)12-5-3-4-6-14(12)16/h3-10,16H,1-2H3. The average Bonchev–Trinajstić information content (AvgIpc) is 2.30. The average molecular weight is 213 g/mol. The Balaban J connectivity index is 2.39. The number of phenolic OH excluding ortho intramolecular Hbond substituents is 1. The molecule has 82 valence electrons. The van der Waals surface area contributed by atoms with Crippen molar-refractivity contribution in [3.8, 4) is 17.0 Å². The minimum absolute atomic E-state index is 0.271. The Kier molecular flexibility index (Phi) is 2.91. The van der Waals surface area contributed by atoms with E-state index in [-0.39, 0.29) is 5.75 Å². The molecule has 0 spiro atoms. The molecule has 1 aromatic heterocycles. The summed E-state index contributed by atoms with van der Waals surface area (Å²) in [6.45, 7) is 4.27. The molecule has 1 heterocycles. The molecule has 1 N–H and O–H groups in total. The number of aromatic nitrogens is 1. The molecule has 0 fully saturated rings. The van der Waals surface area contributed by atoms with Crippen molar-refractivity contribution < 1.29 is 5.11 Å². The summed E-state index contributed by atoms with van der Waals surface area (Å²) >= 11 is 0. The molecule has 0 bridgehead atoms. The minimum atomic E-state index is 0.271. The van der Waals surface area contributed by atoms with Crippen molar-refractivity contribution >= 4 is 0 Å². The highest BCUT2D eigenvalue weighted by Gasteiger charge is 2.05. The number of aromatic hydroxyl groups is 1. The van der Waals surface area contributed by atoms with Crippen LogP contribution in [0.15, 0.2) is 42.6 Å². The van der Waals surface area contributed by atoms with Gasteiger partial charge >= 0.3 is 0 Å². The van der Waals surface area contributed by atoms with E-state index in [0.717, 1.165) is 11.3 Å². The fourth-order valence-electron chi connectivity index (χ4n) is 1.60. The summed E-state index contributed by atoms with van der Waals surface area (Å²) in [5, 5.41) is 9.70. The Morgan fingerprint density at radius 2 is 1.81 bits per heavy atom. The molecule has 0 amide bonds. The molecule has 2 heteroatoms. The van der Waals surface area contributed by atoms with Crippen molar-refractivity contribution in [1.82, 2.24) is 4.98 Å². The molecular formula is C14H15NO. The minimum Gasteiger partial charge on any atom is -0.507 e. The summed E-state index contributed by atoms with van der Waals surface area (Å²) in [5.41, 5.74) is 2.79. The highest BCUT2D eigenvalue weighted by atomic mass is 16.3. The van der Waals surface area contributed by atoms with Crippen LogP contribution in [0, 0.1) is 0 Å². The maximum Gasteiger partial charge on any atom is 0.124 e. The Hall–Kier alpha value is -1.83. The van der Waals surface area contributed by atoms with Crippen molar-refractivity contribution in [3.05, 3.63) is 48.2 Å². The van der Waals surface area contributed by atoms with Crippen LogP contribution in [-0.2, 0) is 0 Å². The van der Waals surface area contributed by atoms with E-state index >= 15 is 0 Å². The van der Waals surface area contributed by atoms with E-state index in [2.05, 4.69) is 24.9 Å².